The lowest BCUT2D eigenvalue weighted by atomic mass is 10.1. The van der Waals surface area contributed by atoms with E-state index in [1.54, 1.807) is 6.07 Å². The summed E-state index contributed by atoms with van der Waals surface area (Å²) < 4.78 is 0. The predicted octanol–water partition coefficient (Wildman–Crippen LogP) is 0.512. The highest BCUT2D eigenvalue weighted by atomic mass is 16.6. The number of nitro benzene ring substituents is 1. The number of hydrogen-bond donors (Lipinski definition) is 2. The summed E-state index contributed by atoms with van der Waals surface area (Å²) in [5.41, 5.74) is 7.29. The molecule has 0 saturated carbocycles. The second-order valence-electron chi connectivity index (χ2n) is 3.44. The molecule has 0 radical (unpaired) electrons. The summed E-state index contributed by atoms with van der Waals surface area (Å²) in [5, 5.41) is 19.9. The number of nitrogens with zero attached hydrogens (tertiary/aromatic N) is 1. The van der Waals surface area contributed by atoms with Crippen LogP contribution in [-0.2, 0) is 6.42 Å². The van der Waals surface area contributed by atoms with Gasteiger partial charge in [-0.05, 0) is 11.1 Å². The number of hydrogen-bond acceptors (Lipinski definition) is 4. The van der Waals surface area contributed by atoms with Crippen LogP contribution in [0.4, 0.5) is 5.69 Å². The summed E-state index contributed by atoms with van der Waals surface area (Å²) in [7, 11) is 0. The van der Waals surface area contributed by atoms with Crippen LogP contribution < -0.4 is 5.73 Å². The van der Waals surface area contributed by atoms with Crippen molar-refractivity contribution in [3.63, 3.8) is 0 Å². The monoisotopic (exact) mass is 194 g/mol. The SMILES string of the molecule is NC1c2cc([N+](=O)[O-])ccc2C[C@H]1O. The summed E-state index contributed by atoms with van der Waals surface area (Å²) in [5.74, 6) is 0. The van der Waals surface area contributed by atoms with E-state index in [2.05, 4.69) is 0 Å². The van der Waals surface area contributed by atoms with Crippen LogP contribution in [0.2, 0.25) is 0 Å². The minimum Gasteiger partial charge on any atom is -0.391 e. The van der Waals surface area contributed by atoms with E-state index >= 15 is 0 Å². The molecule has 5 nitrogen and oxygen atoms in total. The molecule has 1 unspecified atom stereocenters. The lowest BCUT2D eigenvalue weighted by Gasteiger charge is -2.07. The van der Waals surface area contributed by atoms with Crippen molar-refractivity contribution < 1.29 is 10.0 Å². The molecule has 74 valence electrons. The Balaban J connectivity index is 2.46. The maximum atomic E-state index is 10.5. The molecule has 0 spiro atoms. The largest absolute Gasteiger partial charge is 0.391 e. The molecule has 5 heteroatoms. The van der Waals surface area contributed by atoms with Crippen molar-refractivity contribution in [3.8, 4) is 0 Å². The smallest absolute Gasteiger partial charge is 0.269 e. The summed E-state index contributed by atoms with van der Waals surface area (Å²) in [4.78, 5) is 10.0. The fourth-order valence-corrected chi connectivity index (χ4v) is 1.75. The van der Waals surface area contributed by atoms with Crippen molar-refractivity contribution in [2.24, 2.45) is 5.73 Å². The van der Waals surface area contributed by atoms with Crippen molar-refractivity contribution in [1.82, 2.24) is 0 Å². The quantitative estimate of drug-likeness (QED) is 0.503. The number of aliphatic hydroxyl groups excluding tert-OH is 1. The molecule has 0 heterocycles. The van der Waals surface area contributed by atoms with Crippen LogP contribution in [0, 0.1) is 10.1 Å². The van der Waals surface area contributed by atoms with Crippen LogP contribution in [0.15, 0.2) is 18.2 Å². The Kier molecular flexibility index (Phi) is 1.98. The standard InChI is InChI=1S/C9H10N2O3/c10-9-7-4-6(11(13)14)2-1-5(7)3-8(9)12/h1-2,4,8-9,12H,3,10H2/t8-,9?/m1/s1. The lowest BCUT2D eigenvalue weighted by Crippen LogP contribution is -2.21. The van der Waals surface area contributed by atoms with Gasteiger partial charge in [0.05, 0.1) is 17.1 Å². The van der Waals surface area contributed by atoms with Crippen molar-refractivity contribution >= 4 is 5.69 Å². The lowest BCUT2D eigenvalue weighted by molar-refractivity contribution is -0.384. The summed E-state index contributed by atoms with van der Waals surface area (Å²) >= 11 is 0. The number of rotatable bonds is 1. The average molecular weight is 194 g/mol. The van der Waals surface area contributed by atoms with Crippen LogP contribution in [0.3, 0.4) is 0 Å². The molecule has 2 rings (SSSR count). The molecule has 0 amide bonds. The molecule has 0 bridgehead atoms. The van der Waals surface area contributed by atoms with Crippen molar-refractivity contribution in [1.29, 1.82) is 0 Å². The average Bonchev–Trinajstić information content (AvgIpc) is 2.43. The fourth-order valence-electron chi connectivity index (χ4n) is 1.75. The Morgan fingerprint density at radius 2 is 2.29 bits per heavy atom. The number of nitro groups is 1. The highest BCUT2D eigenvalue weighted by Crippen LogP contribution is 2.32. The van der Waals surface area contributed by atoms with Gasteiger partial charge in [0, 0.05) is 18.6 Å². The molecule has 1 aromatic rings. The molecular weight excluding hydrogens is 184 g/mol. The topological polar surface area (TPSA) is 89.4 Å². The van der Waals surface area contributed by atoms with E-state index in [9.17, 15) is 15.2 Å². The number of non-ortho nitro benzene ring substituents is 1. The third kappa shape index (κ3) is 1.26. The Hall–Kier alpha value is -1.46. The summed E-state index contributed by atoms with van der Waals surface area (Å²) in [6.07, 6.45) is -0.138. The van der Waals surface area contributed by atoms with Gasteiger partial charge >= 0.3 is 0 Å². The summed E-state index contributed by atoms with van der Waals surface area (Å²) in [6.45, 7) is 0. The van der Waals surface area contributed by atoms with Gasteiger partial charge in [0.1, 0.15) is 0 Å². The molecule has 0 aromatic heterocycles. The normalized spacial score (nSPS) is 24.7. The van der Waals surface area contributed by atoms with Gasteiger partial charge in [-0.2, -0.15) is 0 Å². The first-order valence-electron chi connectivity index (χ1n) is 4.30. The van der Waals surface area contributed by atoms with E-state index in [1.165, 1.54) is 12.1 Å². The van der Waals surface area contributed by atoms with Gasteiger partial charge in [-0.3, -0.25) is 10.1 Å². The van der Waals surface area contributed by atoms with Crippen molar-refractivity contribution in [2.45, 2.75) is 18.6 Å². The van der Waals surface area contributed by atoms with Gasteiger partial charge in [0.15, 0.2) is 0 Å². The first-order chi connectivity index (χ1) is 6.59. The highest BCUT2D eigenvalue weighted by molar-refractivity contribution is 5.44. The minimum atomic E-state index is -0.619. The second kappa shape index (κ2) is 3.04. The van der Waals surface area contributed by atoms with Crippen LogP contribution in [0.1, 0.15) is 17.2 Å². The van der Waals surface area contributed by atoms with Crippen LogP contribution in [-0.4, -0.2) is 16.1 Å². The van der Waals surface area contributed by atoms with Gasteiger partial charge in [-0.25, -0.2) is 0 Å². The summed E-state index contributed by atoms with van der Waals surface area (Å²) in [6, 6.07) is 4.04. The number of aliphatic hydroxyl groups is 1. The van der Waals surface area contributed by atoms with Crippen LogP contribution in [0.25, 0.3) is 0 Å². The molecule has 3 N–H and O–H groups in total. The van der Waals surface area contributed by atoms with Gasteiger partial charge in [-0.1, -0.05) is 6.07 Å². The van der Waals surface area contributed by atoms with E-state index < -0.39 is 17.1 Å². The Bertz CT molecular complexity index is 392. The third-order valence-corrected chi connectivity index (χ3v) is 2.54. The van der Waals surface area contributed by atoms with Crippen LogP contribution in [0.5, 0.6) is 0 Å². The number of fused-ring (bicyclic) bond motifs is 1. The maximum Gasteiger partial charge on any atom is 0.269 e. The molecule has 0 fully saturated rings. The van der Waals surface area contributed by atoms with Crippen molar-refractivity contribution in [2.75, 3.05) is 0 Å². The number of benzene rings is 1. The Morgan fingerprint density at radius 3 is 2.93 bits per heavy atom. The van der Waals surface area contributed by atoms with Crippen molar-refractivity contribution in [3.05, 3.63) is 39.4 Å². The van der Waals surface area contributed by atoms with E-state index in [-0.39, 0.29) is 5.69 Å². The number of nitrogens with two attached hydrogens (primary N) is 1. The molecule has 0 saturated heterocycles. The van der Waals surface area contributed by atoms with Gasteiger partial charge in [0.25, 0.3) is 5.69 Å². The minimum absolute atomic E-state index is 0.0216. The van der Waals surface area contributed by atoms with E-state index in [0.717, 1.165) is 5.56 Å². The molecule has 0 aliphatic heterocycles. The zero-order chi connectivity index (χ0) is 10.3. The predicted molar refractivity (Wildman–Crippen MR) is 49.7 cm³/mol. The molecule has 1 aliphatic carbocycles. The zero-order valence-electron chi connectivity index (χ0n) is 7.38. The molecule has 1 aliphatic rings. The van der Waals surface area contributed by atoms with Gasteiger partial charge in [0.2, 0.25) is 0 Å². The molecular formula is C9H10N2O3. The zero-order valence-corrected chi connectivity index (χ0v) is 7.38. The first-order valence-corrected chi connectivity index (χ1v) is 4.30. The van der Waals surface area contributed by atoms with Gasteiger partial charge < -0.3 is 10.8 Å². The Labute approximate surface area is 80.3 Å². The fraction of sp³-hybridized carbons (Fsp3) is 0.333. The van der Waals surface area contributed by atoms with E-state index in [0.29, 0.717) is 12.0 Å². The maximum absolute atomic E-state index is 10.5. The van der Waals surface area contributed by atoms with Gasteiger partial charge in [-0.15, -0.1) is 0 Å². The van der Waals surface area contributed by atoms with E-state index in [4.69, 9.17) is 5.73 Å². The second-order valence-corrected chi connectivity index (χ2v) is 3.44. The van der Waals surface area contributed by atoms with E-state index in [1.807, 2.05) is 0 Å². The third-order valence-electron chi connectivity index (χ3n) is 2.54. The molecule has 1 aromatic carbocycles. The molecule has 14 heavy (non-hydrogen) atoms. The Morgan fingerprint density at radius 1 is 1.57 bits per heavy atom. The molecule has 2 atom stereocenters. The van der Waals surface area contributed by atoms with Crippen LogP contribution >= 0.6 is 0 Å². The first kappa shape index (κ1) is 9.11. The highest BCUT2D eigenvalue weighted by Gasteiger charge is 2.29.